The van der Waals surface area contributed by atoms with Gasteiger partial charge in [0.05, 0.1) is 0 Å². The smallest absolute Gasteiger partial charge is 0.329 e. The van der Waals surface area contributed by atoms with E-state index >= 15 is 0 Å². The van der Waals surface area contributed by atoms with E-state index in [-0.39, 0.29) is 5.91 Å². The largest absolute Gasteiger partial charge is 0.480 e. The van der Waals surface area contributed by atoms with Crippen LogP contribution in [0.25, 0.3) is 0 Å². The van der Waals surface area contributed by atoms with Crippen molar-refractivity contribution in [2.24, 2.45) is 0 Å². The van der Waals surface area contributed by atoms with Gasteiger partial charge in [-0.2, -0.15) is 0 Å². The van der Waals surface area contributed by atoms with Crippen molar-refractivity contribution < 1.29 is 19.4 Å². The number of amides is 1. The summed E-state index contributed by atoms with van der Waals surface area (Å²) in [5.74, 6) is -1.26. The molecular formula is C15H19NO4. The zero-order valence-corrected chi connectivity index (χ0v) is 11.7. The molecule has 1 fully saturated rings. The quantitative estimate of drug-likeness (QED) is 0.912. The number of carboxylic acids is 1. The number of hydrogen-bond acceptors (Lipinski definition) is 3. The number of rotatable bonds is 4. The molecule has 2 atom stereocenters. The van der Waals surface area contributed by atoms with E-state index in [1.165, 1.54) is 12.0 Å². The first kappa shape index (κ1) is 14.5. The second-order valence-electron chi connectivity index (χ2n) is 5.20. The number of carbonyl (C=O) groups is 2. The Hall–Kier alpha value is -1.88. The lowest BCUT2D eigenvalue weighted by Gasteiger charge is -2.33. The highest BCUT2D eigenvalue weighted by Gasteiger charge is 2.47. The minimum atomic E-state index is -1.14. The van der Waals surface area contributed by atoms with Crippen molar-refractivity contribution >= 4 is 11.9 Å². The molecule has 1 aliphatic heterocycles. The third kappa shape index (κ3) is 2.41. The first-order chi connectivity index (χ1) is 9.50. The van der Waals surface area contributed by atoms with Crippen LogP contribution in [0.2, 0.25) is 0 Å². The number of aliphatic carboxylic acids is 1. The first-order valence-electron chi connectivity index (χ1n) is 6.63. The van der Waals surface area contributed by atoms with Crippen LogP contribution < -0.4 is 0 Å². The van der Waals surface area contributed by atoms with Crippen molar-refractivity contribution in [3.8, 4) is 0 Å². The molecule has 2 rings (SSSR count). The van der Waals surface area contributed by atoms with Gasteiger partial charge >= 0.3 is 5.97 Å². The second kappa shape index (κ2) is 5.63. The summed E-state index contributed by atoms with van der Waals surface area (Å²) in [6.45, 7) is 2.05. The number of nitrogens with zero attached hydrogens (tertiary/aromatic N) is 1. The lowest BCUT2D eigenvalue weighted by atomic mass is 9.98. The highest BCUT2D eigenvalue weighted by atomic mass is 16.5. The molecule has 1 saturated heterocycles. The monoisotopic (exact) mass is 277 g/mol. The van der Waals surface area contributed by atoms with Crippen LogP contribution in [0.1, 0.15) is 31.4 Å². The van der Waals surface area contributed by atoms with Crippen molar-refractivity contribution in [3.63, 3.8) is 0 Å². The summed E-state index contributed by atoms with van der Waals surface area (Å²) in [6, 6.07) is 9.13. The summed E-state index contributed by atoms with van der Waals surface area (Å²) in [5, 5.41) is 9.38. The van der Waals surface area contributed by atoms with Gasteiger partial charge in [-0.25, -0.2) is 4.79 Å². The summed E-state index contributed by atoms with van der Waals surface area (Å²) < 4.78 is 5.30. The first-order valence-corrected chi connectivity index (χ1v) is 6.63. The molecule has 0 saturated carbocycles. The molecule has 0 spiro atoms. The number of methoxy groups -OCH3 is 1. The van der Waals surface area contributed by atoms with E-state index in [9.17, 15) is 14.7 Å². The van der Waals surface area contributed by atoms with Crippen LogP contribution in [0.4, 0.5) is 0 Å². The van der Waals surface area contributed by atoms with E-state index in [1.807, 2.05) is 18.2 Å². The van der Waals surface area contributed by atoms with Crippen LogP contribution in [0.5, 0.6) is 0 Å². The molecule has 20 heavy (non-hydrogen) atoms. The topological polar surface area (TPSA) is 66.8 Å². The molecular weight excluding hydrogens is 258 g/mol. The maximum absolute atomic E-state index is 12.6. The van der Waals surface area contributed by atoms with Crippen LogP contribution in [0.15, 0.2) is 30.3 Å². The van der Waals surface area contributed by atoms with E-state index in [0.717, 1.165) is 5.56 Å². The SMILES string of the molecule is CO[C@@H](C(=O)N1CCCC1(C)C(=O)O)c1ccccc1. The van der Waals surface area contributed by atoms with E-state index in [0.29, 0.717) is 19.4 Å². The van der Waals surface area contributed by atoms with Crippen molar-refractivity contribution in [3.05, 3.63) is 35.9 Å². The number of carbonyl (C=O) groups excluding carboxylic acids is 1. The van der Waals surface area contributed by atoms with Gasteiger partial charge in [-0.1, -0.05) is 30.3 Å². The highest BCUT2D eigenvalue weighted by molar-refractivity contribution is 5.90. The van der Waals surface area contributed by atoms with Gasteiger partial charge in [-0.15, -0.1) is 0 Å². The predicted octanol–water partition coefficient (Wildman–Crippen LogP) is 1.84. The van der Waals surface area contributed by atoms with Gasteiger partial charge in [0.1, 0.15) is 5.54 Å². The molecule has 108 valence electrons. The van der Waals surface area contributed by atoms with Gasteiger partial charge in [0.15, 0.2) is 6.10 Å². The molecule has 1 aromatic carbocycles. The normalized spacial score (nSPS) is 23.6. The average molecular weight is 277 g/mol. The summed E-state index contributed by atoms with van der Waals surface area (Å²) in [7, 11) is 1.46. The number of benzene rings is 1. The standard InChI is InChI=1S/C15H19NO4/c1-15(14(18)19)9-6-10-16(15)13(17)12(20-2)11-7-4-3-5-8-11/h3-5,7-8,12H,6,9-10H2,1-2H3,(H,18,19)/t12-,15?/m1/s1. The molecule has 1 N–H and O–H groups in total. The van der Waals surface area contributed by atoms with Crippen LogP contribution in [0, 0.1) is 0 Å². The predicted molar refractivity (Wildman–Crippen MR) is 73.2 cm³/mol. The van der Waals surface area contributed by atoms with Crippen LogP contribution >= 0.6 is 0 Å². The third-order valence-corrected chi connectivity index (χ3v) is 3.93. The van der Waals surface area contributed by atoms with E-state index in [2.05, 4.69) is 0 Å². The Morgan fingerprint density at radius 1 is 1.35 bits per heavy atom. The van der Waals surface area contributed by atoms with Crippen LogP contribution in [-0.2, 0) is 14.3 Å². The molecule has 1 amide bonds. The minimum absolute atomic E-state index is 0.291. The van der Waals surface area contributed by atoms with E-state index in [4.69, 9.17) is 4.74 Å². The van der Waals surface area contributed by atoms with Gasteiger partial charge in [-0.3, -0.25) is 4.79 Å². The molecule has 1 heterocycles. The molecule has 0 radical (unpaired) electrons. The maximum Gasteiger partial charge on any atom is 0.329 e. The highest BCUT2D eigenvalue weighted by Crippen LogP contribution is 2.32. The van der Waals surface area contributed by atoms with Gasteiger partial charge in [0.25, 0.3) is 5.91 Å². The molecule has 0 aromatic heterocycles. The van der Waals surface area contributed by atoms with Crippen molar-refractivity contribution in [2.45, 2.75) is 31.4 Å². The average Bonchev–Trinajstić information content (AvgIpc) is 2.84. The third-order valence-electron chi connectivity index (χ3n) is 3.93. The summed E-state index contributed by atoms with van der Waals surface area (Å²) >= 11 is 0. The zero-order chi connectivity index (χ0) is 14.8. The van der Waals surface area contributed by atoms with E-state index < -0.39 is 17.6 Å². The summed E-state index contributed by atoms with van der Waals surface area (Å²) in [4.78, 5) is 25.5. The zero-order valence-electron chi connectivity index (χ0n) is 11.7. The Morgan fingerprint density at radius 2 is 2.00 bits per heavy atom. The number of ether oxygens (including phenoxy) is 1. The van der Waals surface area contributed by atoms with Crippen molar-refractivity contribution in [1.29, 1.82) is 0 Å². The number of carboxylic acid groups (broad SMARTS) is 1. The van der Waals surface area contributed by atoms with Crippen molar-refractivity contribution in [2.75, 3.05) is 13.7 Å². The Kier molecular flexibility index (Phi) is 4.09. The van der Waals surface area contributed by atoms with Gasteiger partial charge in [0, 0.05) is 13.7 Å². The molecule has 0 bridgehead atoms. The van der Waals surface area contributed by atoms with Gasteiger partial charge < -0.3 is 14.7 Å². The lowest BCUT2D eigenvalue weighted by molar-refractivity contribution is -0.160. The Bertz CT molecular complexity index is 502. The minimum Gasteiger partial charge on any atom is -0.480 e. The number of likely N-dealkylation sites (tertiary alicyclic amines) is 1. The molecule has 1 aromatic rings. The summed E-state index contributed by atoms with van der Waals surface area (Å²) in [6.07, 6.45) is 0.409. The fourth-order valence-corrected chi connectivity index (χ4v) is 2.69. The fourth-order valence-electron chi connectivity index (χ4n) is 2.69. The Labute approximate surface area is 118 Å². The second-order valence-corrected chi connectivity index (χ2v) is 5.20. The Morgan fingerprint density at radius 3 is 2.55 bits per heavy atom. The fraction of sp³-hybridized carbons (Fsp3) is 0.467. The van der Waals surface area contributed by atoms with Gasteiger partial charge in [-0.05, 0) is 25.3 Å². The molecule has 1 aliphatic rings. The lowest BCUT2D eigenvalue weighted by Crippen LogP contribution is -2.52. The molecule has 0 aliphatic carbocycles. The van der Waals surface area contributed by atoms with Crippen molar-refractivity contribution in [1.82, 2.24) is 4.90 Å². The van der Waals surface area contributed by atoms with Gasteiger partial charge in [0.2, 0.25) is 0 Å². The maximum atomic E-state index is 12.6. The number of hydrogen-bond donors (Lipinski definition) is 1. The Balaban J connectivity index is 2.28. The van der Waals surface area contributed by atoms with Crippen LogP contribution in [0.3, 0.4) is 0 Å². The van der Waals surface area contributed by atoms with E-state index in [1.54, 1.807) is 19.1 Å². The summed E-state index contributed by atoms with van der Waals surface area (Å²) in [5.41, 5.74) is -0.400. The van der Waals surface area contributed by atoms with Crippen LogP contribution in [-0.4, -0.2) is 41.1 Å². The molecule has 5 nitrogen and oxygen atoms in total. The molecule has 5 heteroatoms. The molecule has 1 unspecified atom stereocenters.